The number of rotatable bonds is 3. The molecule has 1 aliphatic carbocycles. The van der Waals surface area contributed by atoms with Crippen molar-refractivity contribution in [3.63, 3.8) is 0 Å². The van der Waals surface area contributed by atoms with Gasteiger partial charge in [0.25, 0.3) is 0 Å². The molecule has 1 aliphatic rings. The van der Waals surface area contributed by atoms with Crippen LogP contribution in [0.4, 0.5) is 5.69 Å². The Morgan fingerprint density at radius 1 is 1.33 bits per heavy atom. The van der Waals surface area contributed by atoms with Crippen molar-refractivity contribution in [1.29, 1.82) is 0 Å². The van der Waals surface area contributed by atoms with Gasteiger partial charge >= 0.3 is 0 Å². The summed E-state index contributed by atoms with van der Waals surface area (Å²) in [5.74, 6) is 0.769. The van der Waals surface area contributed by atoms with Crippen LogP contribution in [0.5, 0.6) is 0 Å². The number of halogens is 2. The summed E-state index contributed by atoms with van der Waals surface area (Å²) in [4.78, 5) is 2.44. The van der Waals surface area contributed by atoms with E-state index in [4.69, 9.17) is 11.6 Å². The highest BCUT2D eigenvalue weighted by Gasteiger charge is 2.26. The van der Waals surface area contributed by atoms with E-state index in [1.165, 1.54) is 36.9 Å². The van der Waals surface area contributed by atoms with Crippen molar-refractivity contribution in [2.24, 2.45) is 5.92 Å². The van der Waals surface area contributed by atoms with Crippen LogP contribution >= 0.6 is 27.5 Å². The lowest BCUT2D eigenvalue weighted by atomic mass is 9.85. The summed E-state index contributed by atoms with van der Waals surface area (Å²) in [6.45, 7) is 2.37. The summed E-state index contributed by atoms with van der Waals surface area (Å²) in [6, 6.07) is 6.84. The molecule has 0 saturated heterocycles. The zero-order chi connectivity index (χ0) is 13.1. The molecule has 0 amide bonds. The number of benzene rings is 1. The summed E-state index contributed by atoms with van der Waals surface area (Å²) >= 11 is 9.72. The van der Waals surface area contributed by atoms with E-state index in [1.807, 2.05) is 6.07 Å². The van der Waals surface area contributed by atoms with E-state index in [9.17, 15) is 0 Å². The summed E-state index contributed by atoms with van der Waals surface area (Å²) in [6.07, 6.45) is 5.38. The number of alkyl halides is 1. The first-order chi connectivity index (χ1) is 8.63. The molecule has 1 fully saturated rings. The van der Waals surface area contributed by atoms with Gasteiger partial charge in [-0.1, -0.05) is 53.4 Å². The first-order valence-electron chi connectivity index (χ1n) is 6.70. The van der Waals surface area contributed by atoms with Gasteiger partial charge in [-0.2, -0.15) is 0 Å². The average Bonchev–Trinajstić information content (AvgIpc) is 2.38. The van der Waals surface area contributed by atoms with Gasteiger partial charge in [-0.15, -0.1) is 0 Å². The van der Waals surface area contributed by atoms with E-state index in [-0.39, 0.29) is 0 Å². The molecule has 1 nitrogen and oxygen atoms in total. The number of nitrogens with zero attached hydrogens (tertiary/aromatic N) is 1. The van der Waals surface area contributed by atoms with Gasteiger partial charge in [0.15, 0.2) is 0 Å². The van der Waals surface area contributed by atoms with Crippen LogP contribution in [-0.4, -0.2) is 13.1 Å². The SMILES string of the molecule is CC1CCCCC1N(C)c1cc(Cl)ccc1CBr. The van der Waals surface area contributed by atoms with Crippen molar-refractivity contribution in [3.05, 3.63) is 28.8 Å². The molecule has 0 aliphatic heterocycles. The van der Waals surface area contributed by atoms with Crippen LogP contribution in [0.1, 0.15) is 38.2 Å². The molecular formula is C15H21BrClN. The van der Waals surface area contributed by atoms with Gasteiger partial charge in [-0.05, 0) is 36.5 Å². The van der Waals surface area contributed by atoms with Crippen LogP contribution in [0.2, 0.25) is 5.02 Å². The van der Waals surface area contributed by atoms with E-state index in [0.717, 1.165) is 16.3 Å². The van der Waals surface area contributed by atoms with E-state index < -0.39 is 0 Å². The maximum absolute atomic E-state index is 6.15. The maximum atomic E-state index is 6.15. The second-order valence-electron chi connectivity index (χ2n) is 5.35. The summed E-state index contributed by atoms with van der Waals surface area (Å²) in [5.41, 5.74) is 2.60. The van der Waals surface area contributed by atoms with Crippen LogP contribution in [0, 0.1) is 5.92 Å². The van der Waals surface area contributed by atoms with Gasteiger partial charge in [0, 0.05) is 29.1 Å². The molecule has 2 atom stereocenters. The van der Waals surface area contributed by atoms with E-state index in [1.54, 1.807) is 0 Å². The minimum atomic E-state index is 0.648. The molecule has 0 radical (unpaired) electrons. The van der Waals surface area contributed by atoms with Crippen LogP contribution in [0.25, 0.3) is 0 Å². The molecule has 0 N–H and O–H groups in total. The number of hydrogen-bond donors (Lipinski definition) is 0. The van der Waals surface area contributed by atoms with Crippen LogP contribution in [-0.2, 0) is 5.33 Å². The van der Waals surface area contributed by atoms with Crippen LogP contribution in [0.3, 0.4) is 0 Å². The Morgan fingerprint density at radius 2 is 2.06 bits per heavy atom. The third kappa shape index (κ3) is 3.03. The Balaban J connectivity index is 2.26. The second-order valence-corrected chi connectivity index (χ2v) is 6.34. The number of hydrogen-bond acceptors (Lipinski definition) is 1. The zero-order valence-electron chi connectivity index (χ0n) is 11.1. The highest BCUT2D eigenvalue weighted by Crippen LogP contribution is 2.33. The van der Waals surface area contributed by atoms with Crippen molar-refractivity contribution >= 4 is 33.2 Å². The lowest BCUT2D eigenvalue weighted by Gasteiger charge is -2.38. The molecule has 2 rings (SSSR count). The predicted octanol–water partition coefficient (Wildman–Crippen LogP) is 5.25. The highest BCUT2D eigenvalue weighted by molar-refractivity contribution is 9.08. The lowest BCUT2D eigenvalue weighted by Crippen LogP contribution is -2.39. The van der Waals surface area contributed by atoms with Crippen LogP contribution in [0.15, 0.2) is 18.2 Å². The van der Waals surface area contributed by atoms with Gasteiger partial charge in [0.2, 0.25) is 0 Å². The minimum Gasteiger partial charge on any atom is -0.371 e. The van der Waals surface area contributed by atoms with Crippen LogP contribution < -0.4 is 4.90 Å². The Labute approximate surface area is 124 Å². The van der Waals surface area contributed by atoms with Crippen molar-refractivity contribution in [3.8, 4) is 0 Å². The molecule has 1 aromatic rings. The quantitative estimate of drug-likeness (QED) is 0.684. The largest absolute Gasteiger partial charge is 0.371 e. The van der Waals surface area contributed by atoms with Gasteiger partial charge < -0.3 is 4.90 Å². The first kappa shape index (κ1) is 14.2. The lowest BCUT2D eigenvalue weighted by molar-refractivity contribution is 0.321. The van der Waals surface area contributed by atoms with Crippen molar-refractivity contribution < 1.29 is 0 Å². The maximum Gasteiger partial charge on any atom is 0.0426 e. The molecule has 1 aromatic carbocycles. The Kier molecular flexibility index (Phi) is 4.97. The third-order valence-corrected chi connectivity index (χ3v) is 4.97. The molecule has 0 aromatic heterocycles. The van der Waals surface area contributed by atoms with Gasteiger partial charge in [0.1, 0.15) is 0 Å². The molecular weight excluding hydrogens is 310 g/mol. The van der Waals surface area contributed by atoms with Gasteiger partial charge in [-0.25, -0.2) is 0 Å². The van der Waals surface area contributed by atoms with E-state index in [0.29, 0.717) is 6.04 Å². The third-order valence-electron chi connectivity index (χ3n) is 4.13. The minimum absolute atomic E-state index is 0.648. The van der Waals surface area contributed by atoms with E-state index in [2.05, 4.69) is 46.9 Å². The molecule has 0 spiro atoms. The average molecular weight is 331 g/mol. The Morgan fingerprint density at radius 3 is 2.72 bits per heavy atom. The topological polar surface area (TPSA) is 3.24 Å². The van der Waals surface area contributed by atoms with Crippen molar-refractivity contribution in [2.45, 2.75) is 44.0 Å². The molecule has 0 heterocycles. The fourth-order valence-corrected chi connectivity index (χ4v) is 3.67. The standard InChI is InChI=1S/C15H21BrClN/c1-11-5-3-4-6-14(11)18(2)15-9-13(17)8-7-12(15)10-16/h7-9,11,14H,3-6,10H2,1-2H3. The Hall–Kier alpha value is -0.210. The fraction of sp³-hybridized carbons (Fsp3) is 0.600. The molecule has 18 heavy (non-hydrogen) atoms. The molecule has 3 heteroatoms. The highest BCUT2D eigenvalue weighted by atomic mass is 79.9. The summed E-state index contributed by atoms with van der Waals surface area (Å²) in [5, 5.41) is 1.70. The zero-order valence-corrected chi connectivity index (χ0v) is 13.5. The van der Waals surface area contributed by atoms with E-state index >= 15 is 0 Å². The summed E-state index contributed by atoms with van der Waals surface area (Å²) < 4.78 is 0. The monoisotopic (exact) mass is 329 g/mol. The van der Waals surface area contributed by atoms with Crippen molar-refractivity contribution in [1.82, 2.24) is 0 Å². The van der Waals surface area contributed by atoms with Gasteiger partial charge in [0.05, 0.1) is 0 Å². The molecule has 100 valence electrons. The van der Waals surface area contributed by atoms with Crippen molar-refractivity contribution in [2.75, 3.05) is 11.9 Å². The second kappa shape index (κ2) is 6.29. The first-order valence-corrected chi connectivity index (χ1v) is 8.20. The normalized spacial score (nSPS) is 24.0. The van der Waals surface area contributed by atoms with Gasteiger partial charge in [-0.3, -0.25) is 0 Å². The Bertz CT molecular complexity index is 407. The molecule has 0 bridgehead atoms. The molecule has 1 saturated carbocycles. The summed E-state index contributed by atoms with van der Waals surface area (Å²) in [7, 11) is 2.21. The number of anilines is 1. The fourth-order valence-electron chi connectivity index (χ4n) is 3.03. The predicted molar refractivity (Wildman–Crippen MR) is 83.9 cm³/mol. The molecule has 2 unspecified atom stereocenters. The smallest absolute Gasteiger partial charge is 0.0426 e.